The molecule has 1 aliphatic rings. The number of anilines is 1. The number of rotatable bonds is 7. The second-order valence-corrected chi connectivity index (χ2v) is 9.75. The molecule has 0 aromatic heterocycles. The van der Waals surface area contributed by atoms with Gasteiger partial charge in [0.2, 0.25) is 21.8 Å². The Morgan fingerprint density at radius 2 is 1.64 bits per heavy atom. The lowest BCUT2D eigenvalue weighted by atomic mass is 9.96. The van der Waals surface area contributed by atoms with Crippen LogP contribution < -0.4 is 10.6 Å². The van der Waals surface area contributed by atoms with E-state index in [4.69, 9.17) is 0 Å². The maximum absolute atomic E-state index is 12.9. The first-order valence-electron chi connectivity index (χ1n) is 9.79. The van der Waals surface area contributed by atoms with Crippen LogP contribution in [0.25, 0.3) is 0 Å². The zero-order valence-corrected chi connectivity index (χ0v) is 17.9. The Bertz CT molecular complexity index is 784. The zero-order valence-electron chi connectivity index (χ0n) is 17.1. The van der Waals surface area contributed by atoms with Crippen molar-refractivity contribution in [3.63, 3.8) is 0 Å². The summed E-state index contributed by atoms with van der Waals surface area (Å²) < 4.78 is 27.2. The predicted molar refractivity (Wildman–Crippen MR) is 109 cm³/mol. The van der Waals surface area contributed by atoms with Gasteiger partial charge in [-0.25, -0.2) is 8.42 Å². The van der Waals surface area contributed by atoms with Crippen LogP contribution in [0.4, 0.5) is 5.69 Å². The Labute approximate surface area is 167 Å². The fourth-order valence-corrected chi connectivity index (χ4v) is 4.91. The quantitative estimate of drug-likeness (QED) is 0.724. The number of carbonyl (C=O) groups excluding carboxylic acids is 2. The van der Waals surface area contributed by atoms with E-state index < -0.39 is 16.1 Å². The maximum atomic E-state index is 12.9. The van der Waals surface area contributed by atoms with E-state index in [2.05, 4.69) is 10.6 Å². The third-order valence-corrected chi connectivity index (χ3v) is 7.12. The molecular formula is C20H31N3O4S. The fraction of sp³-hybridized carbons (Fsp3) is 0.600. The SMILES string of the molecule is CC(=O)N[C@@H](C(=O)Nc1ccc(S(=O)(=O)N(C)C2CCCCC2)cc1)C(C)C. The number of amides is 2. The van der Waals surface area contributed by atoms with Gasteiger partial charge in [0, 0.05) is 25.7 Å². The van der Waals surface area contributed by atoms with E-state index in [0.29, 0.717) is 5.69 Å². The Balaban J connectivity index is 2.09. The van der Waals surface area contributed by atoms with Crippen LogP contribution >= 0.6 is 0 Å². The van der Waals surface area contributed by atoms with Crippen LogP contribution in [0.5, 0.6) is 0 Å². The van der Waals surface area contributed by atoms with Crippen molar-refractivity contribution in [1.82, 2.24) is 9.62 Å². The molecule has 0 bridgehead atoms. The molecule has 1 saturated carbocycles. The summed E-state index contributed by atoms with van der Waals surface area (Å²) in [6.45, 7) is 5.05. The van der Waals surface area contributed by atoms with E-state index in [1.54, 1.807) is 19.2 Å². The topological polar surface area (TPSA) is 95.6 Å². The first kappa shape index (κ1) is 22.4. The van der Waals surface area contributed by atoms with E-state index in [1.165, 1.54) is 23.4 Å². The summed E-state index contributed by atoms with van der Waals surface area (Å²) in [6.07, 6.45) is 5.06. The van der Waals surface area contributed by atoms with Crippen molar-refractivity contribution >= 4 is 27.5 Å². The molecule has 1 aromatic carbocycles. The molecule has 1 fully saturated rings. The predicted octanol–water partition coefficient (Wildman–Crippen LogP) is 2.74. The van der Waals surface area contributed by atoms with Crippen molar-refractivity contribution in [1.29, 1.82) is 0 Å². The molecule has 0 unspecified atom stereocenters. The van der Waals surface area contributed by atoms with E-state index in [9.17, 15) is 18.0 Å². The normalized spacial score (nSPS) is 16.8. The van der Waals surface area contributed by atoms with Gasteiger partial charge in [-0.1, -0.05) is 33.1 Å². The lowest BCUT2D eigenvalue weighted by Crippen LogP contribution is -2.46. The molecule has 0 heterocycles. The van der Waals surface area contributed by atoms with Gasteiger partial charge < -0.3 is 10.6 Å². The minimum Gasteiger partial charge on any atom is -0.344 e. The minimum absolute atomic E-state index is 0.0441. The number of nitrogens with one attached hydrogen (secondary N) is 2. The number of carbonyl (C=O) groups is 2. The molecule has 2 N–H and O–H groups in total. The highest BCUT2D eigenvalue weighted by Crippen LogP contribution is 2.27. The molecule has 8 heteroatoms. The van der Waals surface area contributed by atoms with Crippen LogP contribution in [-0.2, 0) is 19.6 Å². The molecular weight excluding hydrogens is 378 g/mol. The van der Waals surface area contributed by atoms with Gasteiger partial charge >= 0.3 is 0 Å². The second kappa shape index (κ2) is 9.52. The molecule has 7 nitrogen and oxygen atoms in total. The van der Waals surface area contributed by atoms with E-state index in [0.717, 1.165) is 32.1 Å². The van der Waals surface area contributed by atoms with Gasteiger partial charge in [0.25, 0.3) is 0 Å². The van der Waals surface area contributed by atoms with Crippen LogP contribution in [-0.4, -0.2) is 43.7 Å². The summed E-state index contributed by atoms with van der Waals surface area (Å²) in [7, 11) is -1.93. The average molecular weight is 410 g/mol. The molecule has 1 aromatic rings. The standard InChI is InChI=1S/C20H31N3O4S/c1-14(2)19(21-15(3)24)20(25)22-16-10-12-18(13-11-16)28(26,27)23(4)17-8-6-5-7-9-17/h10-14,17,19H,5-9H2,1-4H3,(H,21,24)(H,22,25)/t19-/m1/s1. The summed E-state index contributed by atoms with van der Waals surface area (Å²) in [5, 5.41) is 5.37. The van der Waals surface area contributed by atoms with Crippen molar-refractivity contribution in [2.45, 2.75) is 69.9 Å². The monoisotopic (exact) mass is 409 g/mol. The van der Waals surface area contributed by atoms with Crippen molar-refractivity contribution in [2.24, 2.45) is 5.92 Å². The fourth-order valence-electron chi connectivity index (χ4n) is 3.49. The van der Waals surface area contributed by atoms with Crippen molar-refractivity contribution < 1.29 is 18.0 Å². The molecule has 0 radical (unpaired) electrons. The van der Waals surface area contributed by atoms with Crippen LogP contribution in [0.1, 0.15) is 52.9 Å². The first-order chi connectivity index (χ1) is 13.1. The van der Waals surface area contributed by atoms with E-state index >= 15 is 0 Å². The number of sulfonamides is 1. The van der Waals surface area contributed by atoms with Gasteiger partial charge in [0.1, 0.15) is 6.04 Å². The summed E-state index contributed by atoms with van der Waals surface area (Å²) in [5.41, 5.74) is 0.486. The maximum Gasteiger partial charge on any atom is 0.247 e. The molecule has 0 aliphatic heterocycles. The van der Waals surface area contributed by atoms with Crippen molar-refractivity contribution in [2.75, 3.05) is 12.4 Å². The Morgan fingerprint density at radius 1 is 1.07 bits per heavy atom. The van der Waals surface area contributed by atoms with Crippen molar-refractivity contribution in [3.05, 3.63) is 24.3 Å². The average Bonchev–Trinajstić information content (AvgIpc) is 2.66. The highest BCUT2D eigenvalue weighted by Gasteiger charge is 2.29. The van der Waals surface area contributed by atoms with E-state index in [-0.39, 0.29) is 28.7 Å². The van der Waals surface area contributed by atoms with Crippen LogP contribution in [0, 0.1) is 5.92 Å². The van der Waals surface area contributed by atoms with E-state index in [1.807, 2.05) is 13.8 Å². The summed E-state index contributed by atoms with van der Waals surface area (Å²) in [5.74, 6) is -0.686. The minimum atomic E-state index is -3.57. The smallest absolute Gasteiger partial charge is 0.247 e. The molecule has 0 spiro atoms. The number of hydrogen-bond donors (Lipinski definition) is 2. The van der Waals surface area contributed by atoms with Crippen LogP contribution in [0.2, 0.25) is 0 Å². The molecule has 2 amide bonds. The molecule has 156 valence electrons. The Hall–Kier alpha value is -1.93. The third kappa shape index (κ3) is 5.54. The third-order valence-electron chi connectivity index (χ3n) is 5.20. The second-order valence-electron chi connectivity index (χ2n) is 7.75. The van der Waals surface area contributed by atoms with Gasteiger partial charge in [-0.2, -0.15) is 4.31 Å². The summed E-state index contributed by atoms with van der Waals surface area (Å²) in [6, 6.07) is 5.55. The Kier molecular flexibility index (Phi) is 7.60. The summed E-state index contributed by atoms with van der Waals surface area (Å²) >= 11 is 0. The zero-order chi connectivity index (χ0) is 20.9. The number of nitrogens with zero attached hydrogens (tertiary/aromatic N) is 1. The lowest BCUT2D eigenvalue weighted by Gasteiger charge is -2.30. The van der Waals surface area contributed by atoms with Crippen LogP contribution in [0.3, 0.4) is 0 Å². The van der Waals surface area contributed by atoms with Crippen molar-refractivity contribution in [3.8, 4) is 0 Å². The molecule has 28 heavy (non-hydrogen) atoms. The van der Waals surface area contributed by atoms with Gasteiger partial charge in [-0.3, -0.25) is 9.59 Å². The Morgan fingerprint density at radius 3 is 2.14 bits per heavy atom. The van der Waals surface area contributed by atoms with Crippen LogP contribution in [0.15, 0.2) is 29.2 Å². The summed E-state index contributed by atoms with van der Waals surface area (Å²) in [4.78, 5) is 23.9. The lowest BCUT2D eigenvalue weighted by molar-refractivity contribution is -0.126. The molecule has 0 saturated heterocycles. The molecule has 2 rings (SSSR count). The molecule has 1 aliphatic carbocycles. The number of hydrogen-bond acceptors (Lipinski definition) is 4. The molecule has 1 atom stereocenters. The highest BCUT2D eigenvalue weighted by molar-refractivity contribution is 7.89. The van der Waals surface area contributed by atoms with Gasteiger partial charge in [-0.15, -0.1) is 0 Å². The largest absolute Gasteiger partial charge is 0.344 e. The van der Waals surface area contributed by atoms with Gasteiger partial charge in [-0.05, 0) is 43.0 Å². The highest BCUT2D eigenvalue weighted by atomic mass is 32.2. The van der Waals surface area contributed by atoms with Gasteiger partial charge in [0.15, 0.2) is 0 Å². The van der Waals surface area contributed by atoms with Gasteiger partial charge in [0.05, 0.1) is 4.90 Å². The number of benzene rings is 1. The first-order valence-corrected chi connectivity index (χ1v) is 11.2.